The van der Waals surface area contributed by atoms with Gasteiger partial charge in [0.1, 0.15) is 0 Å². The monoisotopic (exact) mass is 248 g/mol. The number of thiazole rings is 1. The van der Waals surface area contributed by atoms with E-state index in [0.29, 0.717) is 6.42 Å². The van der Waals surface area contributed by atoms with Crippen molar-refractivity contribution in [1.29, 1.82) is 0 Å². The van der Waals surface area contributed by atoms with Gasteiger partial charge in [-0.2, -0.15) is 0 Å². The van der Waals surface area contributed by atoms with Crippen LogP contribution in [0, 0.1) is 6.92 Å². The molecule has 4 heteroatoms. The Morgan fingerprint density at radius 3 is 2.59 bits per heavy atom. The first-order valence-electron chi connectivity index (χ1n) is 5.59. The van der Waals surface area contributed by atoms with Crippen LogP contribution in [0.1, 0.15) is 23.7 Å². The maximum absolute atomic E-state index is 8.85. The van der Waals surface area contributed by atoms with E-state index in [-0.39, 0.29) is 12.6 Å². The van der Waals surface area contributed by atoms with Crippen LogP contribution in [-0.4, -0.2) is 16.7 Å². The van der Waals surface area contributed by atoms with Crippen LogP contribution in [0.25, 0.3) is 10.4 Å². The summed E-state index contributed by atoms with van der Waals surface area (Å²) in [5.41, 5.74) is 11.1. The van der Waals surface area contributed by atoms with Gasteiger partial charge in [0.15, 0.2) is 0 Å². The van der Waals surface area contributed by atoms with Crippen LogP contribution in [0.3, 0.4) is 0 Å². The number of rotatable bonds is 4. The standard InChI is InChI=1S/C13H16N2OS/c1-9-13(17-8-15-9)11-4-2-10(3-5-11)12(14)6-7-16/h2-5,8,12,16H,6-7,14H2,1H3. The molecule has 1 unspecified atom stereocenters. The molecule has 0 aliphatic carbocycles. The predicted molar refractivity (Wildman–Crippen MR) is 70.9 cm³/mol. The van der Waals surface area contributed by atoms with Crippen molar-refractivity contribution in [2.75, 3.05) is 6.61 Å². The summed E-state index contributed by atoms with van der Waals surface area (Å²) in [6, 6.07) is 8.08. The topological polar surface area (TPSA) is 59.1 Å². The van der Waals surface area contributed by atoms with Crippen LogP contribution in [0.4, 0.5) is 0 Å². The molecule has 0 saturated heterocycles. The van der Waals surface area contributed by atoms with Gasteiger partial charge in [0.2, 0.25) is 0 Å². The summed E-state index contributed by atoms with van der Waals surface area (Å²) in [5.74, 6) is 0. The molecule has 17 heavy (non-hydrogen) atoms. The first-order valence-corrected chi connectivity index (χ1v) is 6.47. The molecule has 3 nitrogen and oxygen atoms in total. The zero-order chi connectivity index (χ0) is 12.3. The van der Waals surface area contributed by atoms with Crippen molar-refractivity contribution < 1.29 is 5.11 Å². The van der Waals surface area contributed by atoms with Gasteiger partial charge >= 0.3 is 0 Å². The molecule has 0 aliphatic rings. The van der Waals surface area contributed by atoms with E-state index in [1.54, 1.807) is 11.3 Å². The van der Waals surface area contributed by atoms with E-state index in [9.17, 15) is 0 Å². The van der Waals surface area contributed by atoms with Gasteiger partial charge in [0.25, 0.3) is 0 Å². The maximum atomic E-state index is 8.85. The second-order valence-electron chi connectivity index (χ2n) is 4.01. The van der Waals surface area contributed by atoms with Crippen molar-refractivity contribution in [2.24, 2.45) is 5.73 Å². The average molecular weight is 248 g/mol. The zero-order valence-electron chi connectivity index (χ0n) is 9.76. The minimum Gasteiger partial charge on any atom is -0.396 e. The van der Waals surface area contributed by atoms with Crippen LogP contribution in [-0.2, 0) is 0 Å². The summed E-state index contributed by atoms with van der Waals surface area (Å²) in [4.78, 5) is 5.44. The van der Waals surface area contributed by atoms with Crippen LogP contribution in [0.5, 0.6) is 0 Å². The van der Waals surface area contributed by atoms with Gasteiger partial charge in [-0.15, -0.1) is 11.3 Å². The molecule has 3 N–H and O–H groups in total. The van der Waals surface area contributed by atoms with Gasteiger partial charge in [0.05, 0.1) is 16.1 Å². The lowest BCUT2D eigenvalue weighted by molar-refractivity contribution is 0.276. The molecule has 0 spiro atoms. The number of aliphatic hydroxyl groups is 1. The number of aromatic nitrogens is 1. The molecule has 0 amide bonds. The Labute approximate surface area is 105 Å². The van der Waals surface area contributed by atoms with Crippen molar-refractivity contribution in [3.63, 3.8) is 0 Å². The molecule has 1 aromatic heterocycles. The number of nitrogens with zero attached hydrogens (tertiary/aromatic N) is 1. The maximum Gasteiger partial charge on any atom is 0.0801 e. The first kappa shape index (κ1) is 12.2. The summed E-state index contributed by atoms with van der Waals surface area (Å²) >= 11 is 1.64. The second-order valence-corrected chi connectivity index (χ2v) is 4.86. The number of nitrogens with two attached hydrogens (primary N) is 1. The summed E-state index contributed by atoms with van der Waals surface area (Å²) in [6.45, 7) is 2.13. The fraction of sp³-hybridized carbons (Fsp3) is 0.308. The molecule has 2 rings (SSSR count). The van der Waals surface area contributed by atoms with Gasteiger partial charge in [-0.05, 0) is 24.5 Å². The molecule has 90 valence electrons. The highest BCUT2D eigenvalue weighted by Gasteiger charge is 2.07. The van der Waals surface area contributed by atoms with Crippen LogP contribution < -0.4 is 5.73 Å². The van der Waals surface area contributed by atoms with E-state index in [4.69, 9.17) is 10.8 Å². The fourth-order valence-corrected chi connectivity index (χ4v) is 2.58. The molecule has 1 heterocycles. The van der Waals surface area contributed by atoms with Crippen molar-refractivity contribution in [2.45, 2.75) is 19.4 Å². The van der Waals surface area contributed by atoms with E-state index >= 15 is 0 Å². The summed E-state index contributed by atoms with van der Waals surface area (Å²) in [5, 5.41) is 8.85. The number of benzene rings is 1. The normalized spacial score (nSPS) is 12.6. The summed E-state index contributed by atoms with van der Waals surface area (Å²) < 4.78 is 0. The number of hydrogen-bond acceptors (Lipinski definition) is 4. The first-order chi connectivity index (χ1) is 8.22. The SMILES string of the molecule is Cc1ncsc1-c1ccc(C(N)CCO)cc1. The third kappa shape index (κ3) is 2.72. The van der Waals surface area contributed by atoms with Gasteiger partial charge in [0, 0.05) is 12.6 Å². The second kappa shape index (κ2) is 5.40. The average Bonchev–Trinajstić information content (AvgIpc) is 2.76. The number of hydrogen-bond donors (Lipinski definition) is 2. The van der Waals surface area contributed by atoms with E-state index in [1.165, 1.54) is 10.4 Å². The predicted octanol–water partition coefficient (Wildman–Crippen LogP) is 2.50. The third-order valence-electron chi connectivity index (χ3n) is 2.79. The highest BCUT2D eigenvalue weighted by atomic mass is 32.1. The molecule has 0 aliphatic heterocycles. The molecule has 2 aromatic rings. The van der Waals surface area contributed by atoms with Crippen LogP contribution in [0.2, 0.25) is 0 Å². The van der Waals surface area contributed by atoms with Crippen molar-refractivity contribution in [3.05, 3.63) is 41.0 Å². The third-order valence-corrected chi connectivity index (χ3v) is 3.76. The van der Waals surface area contributed by atoms with Gasteiger partial charge in [-0.1, -0.05) is 24.3 Å². The molecule has 0 saturated carbocycles. The molecular weight excluding hydrogens is 232 g/mol. The Kier molecular flexibility index (Phi) is 3.89. The van der Waals surface area contributed by atoms with E-state index in [0.717, 1.165) is 11.3 Å². The lowest BCUT2D eigenvalue weighted by Crippen LogP contribution is -2.11. The summed E-state index contributed by atoms with van der Waals surface area (Å²) in [7, 11) is 0. The van der Waals surface area contributed by atoms with E-state index in [1.807, 2.05) is 24.6 Å². The molecular formula is C13H16N2OS. The minimum absolute atomic E-state index is 0.0865. The Morgan fingerprint density at radius 1 is 1.35 bits per heavy atom. The Hall–Kier alpha value is -1.23. The van der Waals surface area contributed by atoms with Crippen molar-refractivity contribution in [3.8, 4) is 10.4 Å². The number of aliphatic hydroxyl groups excluding tert-OH is 1. The molecule has 0 fully saturated rings. The van der Waals surface area contributed by atoms with Gasteiger partial charge in [-0.3, -0.25) is 0 Å². The Balaban J connectivity index is 2.21. The minimum atomic E-state index is -0.0865. The van der Waals surface area contributed by atoms with Crippen LogP contribution >= 0.6 is 11.3 Å². The Bertz CT molecular complexity index is 478. The molecule has 0 radical (unpaired) electrons. The lowest BCUT2D eigenvalue weighted by Gasteiger charge is -2.10. The van der Waals surface area contributed by atoms with Crippen molar-refractivity contribution in [1.82, 2.24) is 4.98 Å². The molecule has 0 bridgehead atoms. The van der Waals surface area contributed by atoms with Gasteiger partial charge < -0.3 is 10.8 Å². The highest BCUT2D eigenvalue weighted by molar-refractivity contribution is 7.13. The highest BCUT2D eigenvalue weighted by Crippen LogP contribution is 2.28. The Morgan fingerprint density at radius 2 is 2.06 bits per heavy atom. The smallest absolute Gasteiger partial charge is 0.0801 e. The summed E-state index contributed by atoms with van der Waals surface area (Å²) in [6.07, 6.45) is 0.596. The van der Waals surface area contributed by atoms with Gasteiger partial charge in [-0.25, -0.2) is 4.98 Å². The zero-order valence-corrected chi connectivity index (χ0v) is 10.6. The fourth-order valence-electron chi connectivity index (χ4n) is 1.77. The van der Waals surface area contributed by atoms with Crippen molar-refractivity contribution >= 4 is 11.3 Å². The molecule has 1 atom stereocenters. The van der Waals surface area contributed by atoms with E-state index in [2.05, 4.69) is 17.1 Å². The number of aryl methyl sites for hydroxylation is 1. The van der Waals surface area contributed by atoms with E-state index < -0.39 is 0 Å². The quantitative estimate of drug-likeness (QED) is 0.874. The largest absolute Gasteiger partial charge is 0.396 e. The van der Waals surface area contributed by atoms with Crippen LogP contribution in [0.15, 0.2) is 29.8 Å². The molecule has 1 aromatic carbocycles. The lowest BCUT2D eigenvalue weighted by atomic mass is 10.0.